The number of carbonyl (C=O) groups is 2. The zero-order valence-corrected chi connectivity index (χ0v) is 14.4. The highest BCUT2D eigenvalue weighted by Gasteiger charge is 2.23. The molecule has 1 amide bonds. The summed E-state index contributed by atoms with van der Waals surface area (Å²) in [6.07, 6.45) is 1.54. The van der Waals surface area contributed by atoms with E-state index in [1.807, 2.05) is 0 Å². The lowest BCUT2D eigenvalue weighted by molar-refractivity contribution is -0.385. The van der Waals surface area contributed by atoms with Crippen LogP contribution in [0.15, 0.2) is 61.2 Å². The van der Waals surface area contributed by atoms with Crippen LogP contribution in [-0.2, 0) is 9.53 Å². The highest BCUT2D eigenvalue weighted by Crippen LogP contribution is 2.24. The maximum atomic E-state index is 12.4. The lowest BCUT2D eigenvalue weighted by atomic mass is 10.2. The van der Waals surface area contributed by atoms with E-state index in [9.17, 15) is 19.7 Å². The van der Waals surface area contributed by atoms with Gasteiger partial charge in [-0.05, 0) is 24.3 Å². The number of esters is 1. The van der Waals surface area contributed by atoms with Gasteiger partial charge in [-0.3, -0.25) is 14.9 Å². The molecule has 0 saturated heterocycles. The fourth-order valence-corrected chi connectivity index (χ4v) is 2.37. The Morgan fingerprint density at radius 3 is 2.54 bits per heavy atom. The van der Waals surface area contributed by atoms with Crippen molar-refractivity contribution in [2.45, 2.75) is 0 Å². The van der Waals surface area contributed by atoms with Gasteiger partial charge >= 0.3 is 5.97 Å². The Morgan fingerprint density at radius 2 is 1.92 bits per heavy atom. The highest BCUT2D eigenvalue weighted by molar-refractivity contribution is 6.31. The van der Waals surface area contributed by atoms with E-state index in [2.05, 4.69) is 6.58 Å². The minimum Gasteiger partial charge on any atom is -0.452 e. The Balaban J connectivity index is 2.12. The van der Waals surface area contributed by atoms with Gasteiger partial charge in [-0.2, -0.15) is 0 Å². The maximum absolute atomic E-state index is 12.4. The van der Waals surface area contributed by atoms with Gasteiger partial charge in [0.1, 0.15) is 5.56 Å². The molecule has 0 saturated carbocycles. The number of benzene rings is 2. The molecular weight excluding hydrogens is 360 g/mol. The molecule has 0 spiro atoms. The van der Waals surface area contributed by atoms with Gasteiger partial charge in [0, 0.05) is 23.3 Å². The fraction of sp³-hybridized carbons (Fsp3) is 0.111. The number of nitro groups is 1. The van der Waals surface area contributed by atoms with Crippen molar-refractivity contribution in [2.24, 2.45) is 0 Å². The van der Waals surface area contributed by atoms with Crippen molar-refractivity contribution >= 4 is 34.9 Å². The molecule has 2 rings (SSSR count). The van der Waals surface area contributed by atoms with Crippen LogP contribution in [0, 0.1) is 10.1 Å². The Bertz CT molecular complexity index is 839. The zero-order valence-electron chi connectivity index (χ0n) is 13.6. The molecule has 0 N–H and O–H groups in total. The van der Waals surface area contributed by atoms with E-state index >= 15 is 0 Å². The van der Waals surface area contributed by atoms with Crippen LogP contribution in [-0.4, -0.2) is 30.0 Å². The number of nitrogens with zero attached hydrogens (tertiary/aromatic N) is 2. The predicted octanol–water partition coefficient (Wildman–Crippen LogP) is 3.62. The summed E-state index contributed by atoms with van der Waals surface area (Å²) in [7, 11) is 0. The number of anilines is 1. The molecule has 2 aromatic carbocycles. The molecule has 134 valence electrons. The molecule has 0 aliphatic heterocycles. The first kappa shape index (κ1) is 19.1. The van der Waals surface area contributed by atoms with Crippen LogP contribution in [0.3, 0.4) is 0 Å². The topological polar surface area (TPSA) is 89.8 Å². The van der Waals surface area contributed by atoms with Gasteiger partial charge in [0.2, 0.25) is 0 Å². The third-order valence-corrected chi connectivity index (χ3v) is 3.62. The second-order valence-corrected chi connectivity index (χ2v) is 5.56. The Morgan fingerprint density at radius 1 is 1.23 bits per heavy atom. The Hall–Kier alpha value is -3.19. The van der Waals surface area contributed by atoms with Crippen LogP contribution in [0.1, 0.15) is 10.4 Å². The molecule has 26 heavy (non-hydrogen) atoms. The van der Waals surface area contributed by atoms with E-state index in [1.165, 1.54) is 23.1 Å². The number of rotatable bonds is 7. The smallest absolute Gasteiger partial charge is 0.345 e. The van der Waals surface area contributed by atoms with Gasteiger partial charge in [0.05, 0.1) is 4.92 Å². The number of carbonyl (C=O) groups excluding carboxylic acids is 2. The first-order chi connectivity index (χ1) is 12.4. The van der Waals surface area contributed by atoms with Crippen molar-refractivity contribution < 1.29 is 19.2 Å². The predicted molar refractivity (Wildman–Crippen MR) is 97.4 cm³/mol. The van der Waals surface area contributed by atoms with E-state index < -0.39 is 29.1 Å². The summed E-state index contributed by atoms with van der Waals surface area (Å²) in [5.41, 5.74) is -0.144. The second kappa shape index (κ2) is 8.77. The van der Waals surface area contributed by atoms with E-state index in [-0.39, 0.29) is 17.1 Å². The van der Waals surface area contributed by atoms with Crippen molar-refractivity contribution in [3.8, 4) is 0 Å². The molecule has 0 unspecified atom stereocenters. The molecule has 8 heteroatoms. The molecule has 0 aliphatic rings. The minimum atomic E-state index is -0.978. The molecular formula is C18H15ClN2O5. The summed E-state index contributed by atoms with van der Waals surface area (Å²) >= 11 is 5.71. The number of ether oxygens (including phenoxy) is 1. The average molecular weight is 375 g/mol. The van der Waals surface area contributed by atoms with Gasteiger partial charge in [-0.25, -0.2) is 4.79 Å². The molecule has 0 atom stereocenters. The molecule has 0 radical (unpaired) electrons. The van der Waals surface area contributed by atoms with E-state index in [4.69, 9.17) is 16.3 Å². The summed E-state index contributed by atoms with van der Waals surface area (Å²) in [4.78, 5) is 36.2. The van der Waals surface area contributed by atoms with Crippen LogP contribution in [0.5, 0.6) is 0 Å². The molecule has 0 aromatic heterocycles. The van der Waals surface area contributed by atoms with Crippen LogP contribution >= 0.6 is 11.6 Å². The van der Waals surface area contributed by atoms with E-state index in [0.717, 1.165) is 6.07 Å². The quantitative estimate of drug-likeness (QED) is 0.319. The summed E-state index contributed by atoms with van der Waals surface area (Å²) in [6, 6.07) is 12.4. The van der Waals surface area contributed by atoms with Crippen molar-refractivity contribution in [3.63, 3.8) is 0 Å². The molecule has 0 fully saturated rings. The summed E-state index contributed by atoms with van der Waals surface area (Å²) < 4.78 is 4.96. The third-order valence-electron chi connectivity index (χ3n) is 3.38. The van der Waals surface area contributed by atoms with Gasteiger partial charge in [0.25, 0.3) is 11.6 Å². The van der Waals surface area contributed by atoms with Crippen molar-refractivity contribution in [2.75, 3.05) is 18.1 Å². The number of hydrogen-bond donors (Lipinski definition) is 0. The Labute approximate surface area is 154 Å². The first-order valence-corrected chi connectivity index (χ1v) is 7.89. The second-order valence-electron chi connectivity index (χ2n) is 5.12. The van der Waals surface area contributed by atoms with E-state index in [0.29, 0.717) is 5.69 Å². The minimum absolute atomic E-state index is 0.116. The molecule has 0 heterocycles. The van der Waals surface area contributed by atoms with Gasteiger partial charge in [0.15, 0.2) is 6.61 Å². The van der Waals surface area contributed by atoms with Crippen molar-refractivity contribution in [1.82, 2.24) is 0 Å². The normalized spacial score (nSPS) is 10.0. The molecule has 2 aromatic rings. The SMILES string of the molecule is C=CCN(C(=O)COC(=O)c1ccc(Cl)cc1[N+](=O)[O-])c1ccccc1. The number of nitro benzene ring substituents is 1. The van der Waals surface area contributed by atoms with Crippen molar-refractivity contribution in [3.05, 3.63) is 81.9 Å². The third kappa shape index (κ3) is 4.67. The van der Waals surface area contributed by atoms with Crippen molar-refractivity contribution in [1.29, 1.82) is 0 Å². The summed E-state index contributed by atoms with van der Waals surface area (Å²) in [6.45, 7) is 3.26. The van der Waals surface area contributed by atoms with Crippen LogP contribution < -0.4 is 4.90 Å². The van der Waals surface area contributed by atoms with Crippen LogP contribution in [0.4, 0.5) is 11.4 Å². The molecule has 7 nitrogen and oxygen atoms in total. The number of amides is 1. The summed E-state index contributed by atoms with van der Waals surface area (Å²) in [5.74, 6) is -1.46. The Kier molecular flexibility index (Phi) is 6.46. The monoisotopic (exact) mass is 374 g/mol. The molecule has 0 bridgehead atoms. The lowest BCUT2D eigenvalue weighted by Crippen LogP contribution is -2.34. The lowest BCUT2D eigenvalue weighted by Gasteiger charge is -2.21. The maximum Gasteiger partial charge on any atom is 0.345 e. The van der Waals surface area contributed by atoms with E-state index in [1.54, 1.807) is 30.3 Å². The zero-order chi connectivity index (χ0) is 19.1. The van der Waals surface area contributed by atoms with Crippen LogP contribution in [0.2, 0.25) is 5.02 Å². The number of halogens is 1. The number of hydrogen-bond acceptors (Lipinski definition) is 5. The highest BCUT2D eigenvalue weighted by atomic mass is 35.5. The standard InChI is InChI=1S/C18H15ClN2O5/c1-2-10-20(14-6-4-3-5-7-14)17(22)12-26-18(23)15-9-8-13(19)11-16(15)21(24)25/h2-9,11H,1,10,12H2. The first-order valence-electron chi connectivity index (χ1n) is 7.51. The largest absolute Gasteiger partial charge is 0.452 e. The summed E-state index contributed by atoms with van der Waals surface area (Å²) in [5, 5.41) is 11.2. The van der Waals surface area contributed by atoms with Gasteiger partial charge in [-0.15, -0.1) is 6.58 Å². The van der Waals surface area contributed by atoms with Gasteiger partial charge < -0.3 is 9.64 Å². The molecule has 0 aliphatic carbocycles. The van der Waals surface area contributed by atoms with Crippen LogP contribution in [0.25, 0.3) is 0 Å². The number of para-hydroxylation sites is 1. The van der Waals surface area contributed by atoms with Gasteiger partial charge in [-0.1, -0.05) is 35.9 Å². The fourth-order valence-electron chi connectivity index (χ4n) is 2.20. The average Bonchev–Trinajstić information content (AvgIpc) is 2.64.